The lowest BCUT2D eigenvalue weighted by atomic mass is 10.2. The Morgan fingerprint density at radius 3 is 2.25 bits per heavy atom. The van der Waals surface area contributed by atoms with Crippen molar-refractivity contribution in [3.8, 4) is 0 Å². The first-order valence-electron chi connectivity index (χ1n) is 6.23. The number of hydrogen-bond acceptors (Lipinski definition) is 5. The minimum absolute atomic E-state index is 0.0367. The predicted molar refractivity (Wildman–Crippen MR) is 81.2 cm³/mol. The number of carbonyl (C=O) groups is 1. The van der Waals surface area contributed by atoms with Crippen LogP contribution in [0.4, 0.5) is 0 Å². The Hall–Kier alpha value is -0.703. The van der Waals surface area contributed by atoms with E-state index in [2.05, 4.69) is 36.8 Å². The van der Waals surface area contributed by atoms with Crippen LogP contribution in [-0.4, -0.2) is 42.5 Å². The van der Waals surface area contributed by atoms with Crippen molar-refractivity contribution in [1.82, 2.24) is 4.72 Å². The maximum atomic E-state index is 11.6. The topological polar surface area (TPSA) is 81.7 Å². The van der Waals surface area contributed by atoms with Gasteiger partial charge in [0.25, 0.3) is 0 Å². The normalized spacial score (nSPS) is 14.7. The van der Waals surface area contributed by atoms with E-state index in [1.54, 1.807) is 0 Å². The number of rotatable bonds is 7. The summed E-state index contributed by atoms with van der Waals surface area (Å²) in [6, 6.07) is -1.07. The Kier molecular flexibility index (Phi) is 6.60. The zero-order valence-corrected chi connectivity index (χ0v) is 14.8. The van der Waals surface area contributed by atoms with Crippen molar-refractivity contribution in [2.75, 3.05) is 13.7 Å². The zero-order valence-electron chi connectivity index (χ0n) is 13.0. The van der Waals surface area contributed by atoms with Gasteiger partial charge in [-0.05, 0) is 18.1 Å². The fraction of sp³-hybridized carbons (Fsp3) is 0.750. The minimum atomic E-state index is -3.73. The van der Waals surface area contributed by atoms with Gasteiger partial charge in [0.1, 0.15) is 6.04 Å². The third-order valence-corrected chi connectivity index (χ3v) is 8.98. The van der Waals surface area contributed by atoms with Crippen LogP contribution in [0, 0.1) is 0 Å². The highest BCUT2D eigenvalue weighted by Gasteiger charge is 2.38. The molecule has 0 amide bonds. The molecule has 1 N–H and O–H groups in total. The van der Waals surface area contributed by atoms with Gasteiger partial charge in [-0.15, -0.1) is 0 Å². The third-order valence-electron chi connectivity index (χ3n) is 3.43. The molecule has 1 atom stereocenters. The summed E-state index contributed by atoms with van der Waals surface area (Å²) in [6.07, 6.45) is 0. The van der Waals surface area contributed by atoms with Gasteiger partial charge in [-0.2, -0.15) is 4.72 Å². The van der Waals surface area contributed by atoms with Gasteiger partial charge in [-0.1, -0.05) is 27.4 Å². The van der Waals surface area contributed by atoms with Crippen molar-refractivity contribution in [3.05, 3.63) is 12.0 Å². The second-order valence-electron chi connectivity index (χ2n) is 5.98. The molecule has 0 fully saturated rings. The average molecular weight is 323 g/mol. The molecule has 0 saturated heterocycles. The van der Waals surface area contributed by atoms with E-state index in [0.29, 0.717) is 0 Å². The highest BCUT2D eigenvalue weighted by molar-refractivity contribution is 7.92. The highest BCUT2D eigenvalue weighted by atomic mass is 32.2. The van der Waals surface area contributed by atoms with Crippen molar-refractivity contribution in [1.29, 1.82) is 0 Å². The highest BCUT2D eigenvalue weighted by Crippen LogP contribution is 2.36. The standard InChI is InChI=1S/C12H25NO5SSi/c1-8-19(15,16)13-10(11(14)17-5)9-18-20(6,7)12(2,3)4/h8,10,13H,1,9H2,2-7H3. The van der Waals surface area contributed by atoms with Gasteiger partial charge in [-0.25, -0.2) is 8.42 Å². The monoisotopic (exact) mass is 323 g/mol. The number of hydrogen-bond donors (Lipinski definition) is 1. The van der Waals surface area contributed by atoms with E-state index in [-0.39, 0.29) is 11.6 Å². The van der Waals surface area contributed by atoms with E-state index >= 15 is 0 Å². The SMILES string of the molecule is C=CS(=O)(=O)NC(CO[Si](C)(C)C(C)(C)C)C(=O)OC. The molecule has 0 aromatic rings. The molecule has 0 bridgehead atoms. The molecule has 118 valence electrons. The maximum absolute atomic E-state index is 11.6. The second-order valence-corrected chi connectivity index (χ2v) is 12.4. The fourth-order valence-electron chi connectivity index (χ4n) is 1.05. The number of nitrogens with one attached hydrogen (secondary N) is 1. The number of carbonyl (C=O) groups excluding carboxylic acids is 1. The van der Waals surface area contributed by atoms with Gasteiger partial charge in [0.05, 0.1) is 13.7 Å². The van der Waals surface area contributed by atoms with Crippen molar-refractivity contribution < 1.29 is 22.4 Å². The van der Waals surface area contributed by atoms with Crippen molar-refractivity contribution in [2.24, 2.45) is 0 Å². The van der Waals surface area contributed by atoms with Crippen LogP contribution in [0.1, 0.15) is 20.8 Å². The van der Waals surface area contributed by atoms with E-state index in [1.165, 1.54) is 7.11 Å². The van der Waals surface area contributed by atoms with Crippen LogP contribution in [-0.2, 0) is 24.0 Å². The summed E-state index contributed by atoms with van der Waals surface area (Å²) in [5.41, 5.74) is 0. The minimum Gasteiger partial charge on any atom is -0.468 e. The van der Waals surface area contributed by atoms with Gasteiger partial charge in [0, 0.05) is 5.41 Å². The van der Waals surface area contributed by atoms with E-state index in [9.17, 15) is 13.2 Å². The number of ether oxygens (including phenoxy) is 1. The van der Waals surface area contributed by atoms with Gasteiger partial charge in [0.2, 0.25) is 10.0 Å². The quantitative estimate of drug-likeness (QED) is 0.568. The van der Waals surface area contributed by atoms with E-state index in [1.807, 2.05) is 13.1 Å². The lowest BCUT2D eigenvalue weighted by molar-refractivity contribution is -0.143. The molecule has 1 unspecified atom stereocenters. The molecule has 0 aliphatic heterocycles. The summed E-state index contributed by atoms with van der Waals surface area (Å²) in [5.74, 6) is -0.686. The molecule has 0 radical (unpaired) electrons. The van der Waals surface area contributed by atoms with Crippen LogP contribution in [0.15, 0.2) is 12.0 Å². The first-order valence-corrected chi connectivity index (χ1v) is 10.7. The lowest BCUT2D eigenvalue weighted by Gasteiger charge is -2.36. The van der Waals surface area contributed by atoms with Gasteiger partial charge in [-0.3, -0.25) is 4.79 Å². The Morgan fingerprint density at radius 2 is 1.90 bits per heavy atom. The molecule has 8 heteroatoms. The number of methoxy groups -OCH3 is 1. The molecule has 0 rings (SSSR count). The Bertz CT molecular complexity index is 453. The van der Waals surface area contributed by atoms with E-state index in [0.717, 1.165) is 5.41 Å². The summed E-state index contributed by atoms with van der Waals surface area (Å²) in [4.78, 5) is 11.6. The van der Waals surface area contributed by atoms with Gasteiger partial charge < -0.3 is 9.16 Å². The maximum Gasteiger partial charge on any atom is 0.326 e. The molecular formula is C12H25NO5SSi. The molecule has 0 spiro atoms. The molecular weight excluding hydrogens is 298 g/mol. The predicted octanol–water partition coefficient (Wildman–Crippen LogP) is 1.61. The summed E-state index contributed by atoms with van der Waals surface area (Å²) >= 11 is 0. The van der Waals surface area contributed by atoms with E-state index in [4.69, 9.17) is 4.43 Å². The third kappa shape index (κ3) is 5.74. The first-order chi connectivity index (χ1) is 8.86. The van der Waals surface area contributed by atoms with Crippen molar-refractivity contribution in [3.63, 3.8) is 0 Å². The van der Waals surface area contributed by atoms with Crippen LogP contribution in [0.2, 0.25) is 18.1 Å². The van der Waals surface area contributed by atoms with Crippen LogP contribution >= 0.6 is 0 Å². The Morgan fingerprint density at radius 1 is 1.40 bits per heavy atom. The summed E-state index contributed by atoms with van der Waals surface area (Å²) in [5, 5.41) is 0.709. The fourth-order valence-corrected chi connectivity index (χ4v) is 2.72. The molecule has 0 saturated carbocycles. The van der Waals surface area contributed by atoms with Crippen molar-refractivity contribution in [2.45, 2.75) is 44.9 Å². The van der Waals surface area contributed by atoms with Crippen LogP contribution in [0.3, 0.4) is 0 Å². The molecule has 0 aromatic carbocycles. The Labute approximate surface area is 122 Å². The van der Waals surface area contributed by atoms with Crippen LogP contribution in [0.25, 0.3) is 0 Å². The molecule has 0 aliphatic rings. The van der Waals surface area contributed by atoms with Gasteiger partial charge in [0.15, 0.2) is 8.32 Å². The second kappa shape index (κ2) is 6.84. The Balaban J connectivity index is 4.95. The molecule has 6 nitrogen and oxygen atoms in total. The smallest absolute Gasteiger partial charge is 0.326 e. The zero-order chi connectivity index (χ0) is 16.2. The molecule has 0 aromatic heterocycles. The lowest BCUT2D eigenvalue weighted by Crippen LogP contribution is -2.49. The first kappa shape index (κ1) is 19.3. The number of sulfonamides is 1. The molecule has 20 heavy (non-hydrogen) atoms. The number of esters is 1. The van der Waals surface area contributed by atoms with E-state index < -0.39 is 30.4 Å². The summed E-state index contributed by atoms with van der Waals surface area (Å²) in [7, 11) is -4.61. The molecule has 0 heterocycles. The molecule has 0 aliphatic carbocycles. The van der Waals surface area contributed by atoms with Crippen LogP contribution < -0.4 is 4.72 Å². The van der Waals surface area contributed by atoms with Crippen molar-refractivity contribution >= 4 is 24.3 Å². The largest absolute Gasteiger partial charge is 0.468 e. The van der Waals surface area contributed by atoms with Crippen LogP contribution in [0.5, 0.6) is 0 Å². The summed E-state index contributed by atoms with van der Waals surface area (Å²) in [6.45, 7) is 13.3. The summed E-state index contributed by atoms with van der Waals surface area (Å²) < 4.78 is 35.6. The van der Waals surface area contributed by atoms with Gasteiger partial charge >= 0.3 is 5.97 Å². The average Bonchev–Trinajstić information content (AvgIpc) is 2.32.